The largest absolute Gasteiger partial charge is 0.490 e. The van der Waals surface area contributed by atoms with Crippen LogP contribution in [0.4, 0.5) is 11.4 Å². The van der Waals surface area contributed by atoms with Crippen LogP contribution < -0.4 is 15.0 Å². The monoisotopic (exact) mass is 361 g/mol. The molecule has 0 atom stereocenters. The van der Waals surface area contributed by atoms with Gasteiger partial charge >= 0.3 is 5.69 Å². The van der Waals surface area contributed by atoms with E-state index in [-0.39, 0.29) is 11.4 Å². The summed E-state index contributed by atoms with van der Waals surface area (Å²) < 4.78 is 5.26. The van der Waals surface area contributed by atoms with Crippen LogP contribution in [0.3, 0.4) is 0 Å². The van der Waals surface area contributed by atoms with E-state index in [2.05, 4.69) is 29.2 Å². The highest BCUT2D eigenvalue weighted by molar-refractivity contribution is 6.11. The van der Waals surface area contributed by atoms with Crippen LogP contribution in [0.2, 0.25) is 0 Å². The number of methoxy groups -OCH3 is 1. The minimum Gasteiger partial charge on any atom is -0.490 e. The van der Waals surface area contributed by atoms with Crippen LogP contribution >= 0.6 is 0 Å². The summed E-state index contributed by atoms with van der Waals surface area (Å²) in [6, 6.07) is 3.75. The summed E-state index contributed by atoms with van der Waals surface area (Å²) >= 11 is 0. The Bertz CT molecular complexity index is 694. The molecule has 1 aliphatic heterocycles. The second kappa shape index (κ2) is 8.66. The Hall–Kier alpha value is -2.61. The van der Waals surface area contributed by atoms with E-state index in [1.165, 1.54) is 19.4 Å². The van der Waals surface area contributed by atoms with Gasteiger partial charge in [-0.1, -0.05) is 0 Å². The third-order valence-corrected chi connectivity index (χ3v) is 4.80. The normalized spacial score (nSPS) is 15.9. The quantitative estimate of drug-likeness (QED) is 0.440. The van der Waals surface area contributed by atoms with E-state index in [1.54, 1.807) is 19.3 Å². The molecule has 0 radical (unpaired) electrons. The molecule has 0 spiro atoms. The van der Waals surface area contributed by atoms with Crippen molar-refractivity contribution in [2.45, 2.75) is 18.9 Å². The summed E-state index contributed by atoms with van der Waals surface area (Å²) in [5.74, 6) is 0.234. The molecule has 26 heavy (non-hydrogen) atoms. The molecule has 1 aliphatic rings. The topological polar surface area (TPSA) is 94.7 Å². The molecule has 0 unspecified atom stereocenters. The van der Waals surface area contributed by atoms with Gasteiger partial charge in [0.2, 0.25) is 0 Å². The highest BCUT2D eigenvalue weighted by atomic mass is 16.6. The Morgan fingerprint density at radius 2 is 2.08 bits per heavy atom. The lowest BCUT2D eigenvalue weighted by molar-refractivity contribution is -0.385. The molecule has 0 amide bonds. The van der Waals surface area contributed by atoms with Gasteiger partial charge in [-0.25, -0.2) is 0 Å². The zero-order valence-electron chi connectivity index (χ0n) is 15.8. The van der Waals surface area contributed by atoms with Crippen LogP contribution in [0.15, 0.2) is 18.3 Å². The second-order valence-electron chi connectivity index (χ2n) is 6.51. The number of benzene rings is 1. The van der Waals surface area contributed by atoms with Crippen molar-refractivity contribution >= 4 is 23.2 Å². The molecule has 1 saturated heterocycles. The Morgan fingerprint density at radius 3 is 2.54 bits per heavy atom. The SMILES string of the molecule is CN/C=C(\C=N)c1cc([N+](=O)[O-])c(OC)cc1N1CCC(N(C)C)CC1. The van der Waals surface area contributed by atoms with E-state index < -0.39 is 4.92 Å². The van der Waals surface area contributed by atoms with E-state index in [0.29, 0.717) is 17.2 Å². The molecule has 8 nitrogen and oxygen atoms in total. The number of nitro groups is 1. The molecule has 1 heterocycles. The minimum absolute atomic E-state index is 0.0988. The molecule has 1 aromatic carbocycles. The molecule has 0 aromatic heterocycles. The number of ether oxygens (including phenoxy) is 1. The van der Waals surface area contributed by atoms with Crippen LogP contribution in [-0.2, 0) is 0 Å². The fourth-order valence-corrected chi connectivity index (χ4v) is 3.33. The van der Waals surface area contributed by atoms with E-state index >= 15 is 0 Å². The van der Waals surface area contributed by atoms with Crippen molar-refractivity contribution in [2.24, 2.45) is 0 Å². The van der Waals surface area contributed by atoms with Gasteiger partial charge in [0.1, 0.15) is 0 Å². The number of rotatable bonds is 7. The van der Waals surface area contributed by atoms with Crippen molar-refractivity contribution in [3.8, 4) is 5.75 Å². The van der Waals surface area contributed by atoms with Crippen LogP contribution in [0.1, 0.15) is 18.4 Å². The first-order valence-corrected chi connectivity index (χ1v) is 8.59. The highest BCUT2D eigenvalue weighted by Crippen LogP contribution is 2.38. The van der Waals surface area contributed by atoms with Gasteiger partial charge in [0.25, 0.3) is 0 Å². The molecule has 0 bridgehead atoms. The molecule has 1 aromatic rings. The zero-order chi connectivity index (χ0) is 19.3. The Morgan fingerprint density at radius 1 is 1.42 bits per heavy atom. The third kappa shape index (κ3) is 4.13. The molecule has 142 valence electrons. The second-order valence-corrected chi connectivity index (χ2v) is 6.51. The fraction of sp³-hybridized carbons (Fsp3) is 0.500. The number of piperidine rings is 1. The van der Waals surface area contributed by atoms with Gasteiger partial charge in [-0.3, -0.25) is 10.1 Å². The molecule has 0 aliphatic carbocycles. The Balaban J connectivity index is 2.51. The molecule has 0 saturated carbocycles. The minimum atomic E-state index is -0.453. The first-order chi connectivity index (χ1) is 12.4. The van der Waals surface area contributed by atoms with Crippen molar-refractivity contribution in [3.63, 3.8) is 0 Å². The number of nitro benzene ring substituents is 1. The predicted molar refractivity (Wildman–Crippen MR) is 104 cm³/mol. The average Bonchev–Trinajstić information content (AvgIpc) is 2.65. The predicted octanol–water partition coefficient (Wildman–Crippen LogP) is 2.34. The van der Waals surface area contributed by atoms with Crippen molar-refractivity contribution < 1.29 is 9.66 Å². The zero-order valence-corrected chi connectivity index (χ0v) is 15.8. The van der Waals surface area contributed by atoms with E-state index in [9.17, 15) is 10.1 Å². The maximum atomic E-state index is 11.4. The standard InChI is InChI=1S/C18H27N5O3/c1-20-12-13(11-19)15-9-17(23(24)25)18(26-4)10-16(15)22-7-5-14(6-8-22)21(2)3/h9-12,14,19-20H,5-8H2,1-4H3/b13-12+,19-11?. The number of anilines is 1. The summed E-state index contributed by atoms with van der Waals surface area (Å²) in [5.41, 5.74) is 2.00. The molecule has 2 N–H and O–H groups in total. The van der Waals surface area contributed by atoms with Crippen LogP contribution in [0, 0.1) is 15.5 Å². The van der Waals surface area contributed by atoms with Crippen LogP contribution in [-0.4, -0.2) is 63.4 Å². The van der Waals surface area contributed by atoms with Gasteiger partial charge in [0.05, 0.1) is 12.0 Å². The molecular weight excluding hydrogens is 334 g/mol. The summed E-state index contributed by atoms with van der Waals surface area (Å²) in [6.07, 6.45) is 4.91. The van der Waals surface area contributed by atoms with E-state index in [4.69, 9.17) is 10.1 Å². The molecule has 1 fully saturated rings. The van der Waals surface area contributed by atoms with Gasteiger partial charge in [0, 0.05) is 67.6 Å². The number of allylic oxidation sites excluding steroid dienone is 1. The third-order valence-electron chi connectivity index (χ3n) is 4.80. The van der Waals surface area contributed by atoms with Crippen LogP contribution in [0.5, 0.6) is 5.75 Å². The molecule has 8 heteroatoms. The number of hydrogen-bond acceptors (Lipinski definition) is 7. The van der Waals surface area contributed by atoms with Crippen molar-refractivity contribution in [2.75, 3.05) is 46.2 Å². The number of nitrogens with zero attached hydrogens (tertiary/aromatic N) is 3. The lowest BCUT2D eigenvalue weighted by Crippen LogP contribution is -2.42. The lowest BCUT2D eigenvalue weighted by atomic mass is 9.98. The van der Waals surface area contributed by atoms with E-state index in [1.807, 2.05) is 0 Å². The fourth-order valence-electron chi connectivity index (χ4n) is 3.33. The summed E-state index contributed by atoms with van der Waals surface area (Å²) in [4.78, 5) is 15.4. The molecule has 2 rings (SSSR count). The van der Waals surface area contributed by atoms with Crippen molar-refractivity contribution in [1.29, 1.82) is 5.41 Å². The number of nitrogens with one attached hydrogen (secondary N) is 2. The van der Waals surface area contributed by atoms with Crippen molar-refractivity contribution in [3.05, 3.63) is 34.0 Å². The first kappa shape index (κ1) is 19.7. The lowest BCUT2D eigenvalue weighted by Gasteiger charge is -2.37. The van der Waals surface area contributed by atoms with E-state index in [0.717, 1.165) is 31.6 Å². The maximum Gasteiger partial charge on any atom is 0.311 e. The maximum absolute atomic E-state index is 11.4. The number of hydrogen-bond donors (Lipinski definition) is 2. The van der Waals surface area contributed by atoms with Crippen molar-refractivity contribution in [1.82, 2.24) is 10.2 Å². The first-order valence-electron chi connectivity index (χ1n) is 8.59. The summed E-state index contributed by atoms with van der Waals surface area (Å²) in [6.45, 7) is 1.70. The van der Waals surface area contributed by atoms with Gasteiger partial charge < -0.3 is 25.3 Å². The van der Waals surface area contributed by atoms with Gasteiger partial charge in [0.15, 0.2) is 5.75 Å². The molecular formula is C18H27N5O3. The highest BCUT2D eigenvalue weighted by Gasteiger charge is 2.26. The Kier molecular flexibility index (Phi) is 6.57. The Labute approximate surface area is 154 Å². The average molecular weight is 361 g/mol. The van der Waals surface area contributed by atoms with Gasteiger partial charge in [-0.05, 0) is 26.9 Å². The smallest absolute Gasteiger partial charge is 0.311 e. The van der Waals surface area contributed by atoms with Crippen LogP contribution in [0.25, 0.3) is 5.57 Å². The summed E-state index contributed by atoms with van der Waals surface area (Å²) in [7, 11) is 7.35. The van der Waals surface area contributed by atoms with Gasteiger partial charge in [-0.2, -0.15) is 0 Å². The summed E-state index contributed by atoms with van der Waals surface area (Å²) in [5, 5.41) is 22.0. The van der Waals surface area contributed by atoms with Gasteiger partial charge in [-0.15, -0.1) is 0 Å².